The summed E-state index contributed by atoms with van der Waals surface area (Å²) >= 11 is 6.16. The number of aromatic amines is 1. The highest BCUT2D eigenvalue weighted by molar-refractivity contribution is 6.31. The number of aryl methyl sites for hydroxylation is 1. The molecule has 3 rings (SSSR count). The first-order valence-electron chi connectivity index (χ1n) is 6.89. The molecule has 0 saturated heterocycles. The highest BCUT2D eigenvalue weighted by atomic mass is 35.5. The van der Waals surface area contributed by atoms with Crippen LogP contribution in [0.1, 0.15) is 34.1 Å². The zero-order valence-electron chi connectivity index (χ0n) is 11.9. The van der Waals surface area contributed by atoms with Gasteiger partial charge in [-0.15, -0.1) is 0 Å². The minimum absolute atomic E-state index is 0.0424. The number of nitrogens with two attached hydrogens (primary N) is 1. The van der Waals surface area contributed by atoms with E-state index in [1.807, 2.05) is 24.3 Å². The average molecular weight is 319 g/mol. The first-order valence-corrected chi connectivity index (χ1v) is 7.27. The lowest BCUT2D eigenvalue weighted by Gasteiger charge is -2.06. The molecule has 1 aliphatic carbocycles. The number of amides is 2. The van der Waals surface area contributed by atoms with E-state index >= 15 is 0 Å². The number of H-pyrrole nitrogens is 1. The maximum absolute atomic E-state index is 12.3. The van der Waals surface area contributed by atoms with Crippen molar-refractivity contribution in [3.8, 4) is 0 Å². The Balaban J connectivity index is 1.74. The van der Waals surface area contributed by atoms with Crippen LogP contribution >= 0.6 is 11.6 Å². The van der Waals surface area contributed by atoms with E-state index in [2.05, 4.69) is 15.5 Å². The molecule has 0 aliphatic heterocycles. The summed E-state index contributed by atoms with van der Waals surface area (Å²) in [4.78, 5) is 23.7. The standard InChI is InChI=1S/C15H15ClN4O2/c1-7-12(13(14(17)21)20-19-7)18-15(22)10-6-9(10)8-4-2-3-5-11(8)16/h2-5,9-10H,6H2,1H3,(H2,17,21)(H,18,22)(H,19,20)/t9-,10+/m1/s1. The van der Waals surface area contributed by atoms with E-state index in [9.17, 15) is 9.59 Å². The first kappa shape index (κ1) is 14.6. The fourth-order valence-corrected chi connectivity index (χ4v) is 2.86. The number of aromatic nitrogens is 2. The van der Waals surface area contributed by atoms with Crippen LogP contribution in [0.5, 0.6) is 0 Å². The minimum atomic E-state index is -0.682. The van der Waals surface area contributed by atoms with Gasteiger partial charge in [0.15, 0.2) is 5.69 Å². The van der Waals surface area contributed by atoms with Gasteiger partial charge < -0.3 is 11.1 Å². The largest absolute Gasteiger partial charge is 0.364 e. The number of nitrogens with one attached hydrogen (secondary N) is 2. The Bertz CT molecular complexity index is 756. The van der Waals surface area contributed by atoms with Gasteiger partial charge in [0.05, 0.1) is 11.4 Å². The lowest BCUT2D eigenvalue weighted by atomic mass is 10.1. The van der Waals surface area contributed by atoms with Crippen molar-refractivity contribution < 1.29 is 9.59 Å². The van der Waals surface area contributed by atoms with Gasteiger partial charge in [-0.05, 0) is 30.9 Å². The van der Waals surface area contributed by atoms with Gasteiger partial charge in [-0.2, -0.15) is 5.10 Å². The molecule has 1 aliphatic rings. The fourth-order valence-electron chi connectivity index (χ4n) is 2.58. The molecular weight excluding hydrogens is 304 g/mol. The van der Waals surface area contributed by atoms with Crippen LogP contribution in [0.4, 0.5) is 5.69 Å². The second-order valence-corrected chi connectivity index (χ2v) is 5.80. The van der Waals surface area contributed by atoms with Crippen molar-refractivity contribution in [3.05, 3.63) is 46.2 Å². The summed E-state index contributed by atoms with van der Waals surface area (Å²) in [5.74, 6) is -0.886. The summed E-state index contributed by atoms with van der Waals surface area (Å²) in [6.07, 6.45) is 0.734. The lowest BCUT2D eigenvalue weighted by molar-refractivity contribution is -0.117. The Morgan fingerprint density at radius 1 is 1.41 bits per heavy atom. The quantitative estimate of drug-likeness (QED) is 0.805. The molecule has 1 heterocycles. The smallest absolute Gasteiger partial charge is 0.271 e. The van der Waals surface area contributed by atoms with Crippen LogP contribution in [0, 0.1) is 12.8 Å². The summed E-state index contributed by atoms with van der Waals surface area (Å²) < 4.78 is 0. The highest BCUT2D eigenvalue weighted by Crippen LogP contribution is 2.50. The molecule has 1 aromatic heterocycles. The summed E-state index contributed by atoms with van der Waals surface area (Å²) in [5.41, 5.74) is 7.21. The van der Waals surface area contributed by atoms with Gasteiger partial charge in [-0.25, -0.2) is 0 Å². The van der Waals surface area contributed by atoms with E-state index in [1.165, 1.54) is 0 Å². The number of nitrogens with zero attached hydrogens (tertiary/aromatic N) is 1. The molecule has 1 saturated carbocycles. The molecule has 114 valence electrons. The van der Waals surface area contributed by atoms with Crippen molar-refractivity contribution in [1.82, 2.24) is 10.2 Å². The number of primary amides is 1. The van der Waals surface area contributed by atoms with Gasteiger partial charge in [-0.1, -0.05) is 29.8 Å². The van der Waals surface area contributed by atoms with E-state index < -0.39 is 5.91 Å². The number of halogens is 1. The number of hydrogen-bond acceptors (Lipinski definition) is 3. The van der Waals surface area contributed by atoms with Crippen LogP contribution in [-0.2, 0) is 4.79 Å². The van der Waals surface area contributed by atoms with E-state index in [1.54, 1.807) is 6.92 Å². The number of carbonyl (C=O) groups excluding carboxylic acids is 2. The second kappa shape index (κ2) is 5.46. The molecular formula is C15H15ClN4O2. The predicted octanol–water partition coefficient (Wildman–Crippen LogP) is 2.21. The van der Waals surface area contributed by atoms with Crippen molar-refractivity contribution in [2.75, 3.05) is 5.32 Å². The van der Waals surface area contributed by atoms with Crippen LogP contribution < -0.4 is 11.1 Å². The van der Waals surface area contributed by atoms with Gasteiger partial charge in [0, 0.05) is 10.9 Å². The fraction of sp³-hybridized carbons (Fsp3) is 0.267. The van der Waals surface area contributed by atoms with Gasteiger partial charge in [0.1, 0.15) is 0 Å². The van der Waals surface area contributed by atoms with Crippen LogP contribution in [0.25, 0.3) is 0 Å². The van der Waals surface area contributed by atoms with E-state index in [4.69, 9.17) is 17.3 Å². The van der Waals surface area contributed by atoms with Crippen molar-refractivity contribution in [3.63, 3.8) is 0 Å². The van der Waals surface area contributed by atoms with E-state index in [-0.39, 0.29) is 23.4 Å². The molecule has 4 N–H and O–H groups in total. The highest BCUT2D eigenvalue weighted by Gasteiger charge is 2.45. The van der Waals surface area contributed by atoms with E-state index in [0.717, 1.165) is 12.0 Å². The monoisotopic (exact) mass is 318 g/mol. The average Bonchev–Trinajstić information content (AvgIpc) is 3.19. The third kappa shape index (κ3) is 2.57. The Morgan fingerprint density at radius 2 is 2.14 bits per heavy atom. The Hall–Kier alpha value is -2.34. The number of anilines is 1. The predicted molar refractivity (Wildman–Crippen MR) is 82.8 cm³/mol. The molecule has 2 atom stereocenters. The van der Waals surface area contributed by atoms with Crippen LogP contribution in [0.2, 0.25) is 5.02 Å². The molecule has 1 fully saturated rings. The maximum atomic E-state index is 12.3. The Morgan fingerprint density at radius 3 is 2.82 bits per heavy atom. The molecule has 0 bridgehead atoms. The van der Waals surface area contributed by atoms with Crippen LogP contribution in [0.15, 0.2) is 24.3 Å². The Labute approximate surface area is 132 Å². The van der Waals surface area contributed by atoms with E-state index in [0.29, 0.717) is 16.4 Å². The van der Waals surface area contributed by atoms with Gasteiger partial charge in [-0.3, -0.25) is 14.7 Å². The van der Waals surface area contributed by atoms with Gasteiger partial charge in [0.25, 0.3) is 5.91 Å². The zero-order valence-corrected chi connectivity index (χ0v) is 12.6. The topological polar surface area (TPSA) is 101 Å². The van der Waals surface area contributed by atoms with Crippen molar-refractivity contribution in [2.24, 2.45) is 11.7 Å². The molecule has 0 radical (unpaired) electrons. The van der Waals surface area contributed by atoms with Crippen molar-refractivity contribution >= 4 is 29.1 Å². The summed E-state index contributed by atoms with van der Waals surface area (Å²) in [6, 6.07) is 7.50. The summed E-state index contributed by atoms with van der Waals surface area (Å²) in [7, 11) is 0. The third-order valence-corrected chi connectivity index (χ3v) is 4.20. The molecule has 2 amide bonds. The minimum Gasteiger partial charge on any atom is -0.364 e. The van der Waals surface area contributed by atoms with Gasteiger partial charge in [0.2, 0.25) is 5.91 Å². The second-order valence-electron chi connectivity index (χ2n) is 5.40. The normalized spacial score (nSPS) is 19.7. The SMILES string of the molecule is Cc1[nH]nc(C(N)=O)c1NC(=O)[C@H]1C[C@@H]1c1ccccc1Cl. The molecule has 7 heteroatoms. The molecule has 0 unspecified atom stereocenters. The number of carbonyl (C=O) groups is 2. The van der Waals surface area contributed by atoms with Crippen molar-refractivity contribution in [2.45, 2.75) is 19.3 Å². The Kier molecular flexibility index (Phi) is 3.62. The first-order chi connectivity index (χ1) is 10.5. The van der Waals surface area contributed by atoms with Gasteiger partial charge >= 0.3 is 0 Å². The summed E-state index contributed by atoms with van der Waals surface area (Å²) in [6.45, 7) is 1.72. The third-order valence-electron chi connectivity index (χ3n) is 3.86. The molecule has 2 aromatic rings. The van der Waals surface area contributed by atoms with Crippen LogP contribution in [-0.4, -0.2) is 22.0 Å². The molecule has 1 aromatic carbocycles. The summed E-state index contributed by atoms with van der Waals surface area (Å²) in [5, 5.41) is 9.86. The number of rotatable bonds is 4. The maximum Gasteiger partial charge on any atom is 0.271 e. The zero-order chi connectivity index (χ0) is 15.9. The molecule has 6 nitrogen and oxygen atoms in total. The van der Waals surface area contributed by atoms with Crippen LogP contribution in [0.3, 0.4) is 0 Å². The molecule has 0 spiro atoms. The number of hydrogen-bond donors (Lipinski definition) is 3. The number of benzene rings is 1. The van der Waals surface area contributed by atoms with Crippen molar-refractivity contribution in [1.29, 1.82) is 0 Å². The lowest BCUT2D eigenvalue weighted by Crippen LogP contribution is -2.19. The molecule has 22 heavy (non-hydrogen) atoms.